The summed E-state index contributed by atoms with van der Waals surface area (Å²) in [4.78, 5) is 22.1. The van der Waals surface area contributed by atoms with E-state index >= 15 is 0 Å². The van der Waals surface area contributed by atoms with Crippen molar-refractivity contribution in [3.05, 3.63) is 16.7 Å². The first kappa shape index (κ1) is 16.2. The van der Waals surface area contributed by atoms with Gasteiger partial charge >= 0.3 is 0 Å². The number of nitrogen functional groups attached to an aromatic ring is 1. The molecular formula is C12H17N5O5S. The molecule has 0 unspecified atom stereocenters. The number of nitrogens with zero attached hydrogens (tertiary/aromatic N) is 3. The number of H-pyrrole nitrogens is 1. The number of fused-ring (bicyclic) bond motifs is 1. The molecule has 1 saturated heterocycles. The number of nitrogens with two attached hydrogens (primary N) is 1. The molecule has 3 heterocycles. The van der Waals surface area contributed by atoms with E-state index in [0.29, 0.717) is 5.94 Å². The van der Waals surface area contributed by atoms with E-state index in [1.807, 2.05) is 6.26 Å². The Kier molecular flexibility index (Phi) is 4.55. The van der Waals surface area contributed by atoms with Gasteiger partial charge in [0.1, 0.15) is 18.3 Å². The van der Waals surface area contributed by atoms with Gasteiger partial charge in [0, 0.05) is 0 Å². The third kappa shape index (κ3) is 2.93. The fourth-order valence-corrected chi connectivity index (χ4v) is 2.74. The lowest BCUT2D eigenvalue weighted by atomic mass is 10.1. The van der Waals surface area contributed by atoms with E-state index in [2.05, 4.69) is 15.0 Å². The molecule has 1 fully saturated rings. The number of aromatic nitrogens is 4. The maximum Gasteiger partial charge on any atom is 0.280 e. The van der Waals surface area contributed by atoms with Crippen LogP contribution in [0.1, 0.15) is 6.23 Å². The van der Waals surface area contributed by atoms with Gasteiger partial charge < -0.3 is 25.4 Å². The van der Waals surface area contributed by atoms with Crippen molar-refractivity contribution in [3.8, 4) is 0 Å². The van der Waals surface area contributed by atoms with Crippen molar-refractivity contribution in [3.63, 3.8) is 0 Å². The standard InChI is InChI=1S/C12H17N5O5S/c1-23-4-21-2-5-7(18)8(19)11(22-5)17-3-14-6-9(17)15-12(13)16-10(6)20/h3,5,7-8,11,18-19H,2,4H2,1H3,(H3,13,15,16,20)/t5-,7-,8-,11-/m1/s1. The summed E-state index contributed by atoms with van der Waals surface area (Å²) in [5.74, 6) is 0.381. The minimum absolute atomic E-state index is 0.0721. The van der Waals surface area contributed by atoms with Crippen LogP contribution in [0.25, 0.3) is 11.2 Å². The lowest BCUT2D eigenvalue weighted by molar-refractivity contribution is -0.0597. The first-order valence-electron chi connectivity index (χ1n) is 6.83. The number of anilines is 1. The number of thioether (sulfide) groups is 1. The topological polar surface area (TPSA) is 149 Å². The van der Waals surface area contributed by atoms with Crippen LogP contribution in [0.4, 0.5) is 5.95 Å². The van der Waals surface area contributed by atoms with Crippen molar-refractivity contribution >= 4 is 28.9 Å². The molecule has 11 heteroatoms. The van der Waals surface area contributed by atoms with Crippen LogP contribution in [0, 0.1) is 0 Å². The zero-order valence-electron chi connectivity index (χ0n) is 12.2. The molecule has 4 atom stereocenters. The highest BCUT2D eigenvalue weighted by atomic mass is 32.2. The molecular weight excluding hydrogens is 326 g/mol. The zero-order chi connectivity index (χ0) is 16.6. The summed E-state index contributed by atoms with van der Waals surface area (Å²) < 4.78 is 12.4. The van der Waals surface area contributed by atoms with Gasteiger partial charge in [0.15, 0.2) is 17.4 Å². The summed E-state index contributed by atoms with van der Waals surface area (Å²) >= 11 is 1.49. The monoisotopic (exact) mass is 343 g/mol. The van der Waals surface area contributed by atoms with E-state index < -0.39 is 30.1 Å². The Morgan fingerprint density at radius 3 is 3.04 bits per heavy atom. The smallest absolute Gasteiger partial charge is 0.280 e. The highest BCUT2D eigenvalue weighted by molar-refractivity contribution is 7.98. The molecule has 1 aliphatic rings. The number of ether oxygens (including phenoxy) is 2. The van der Waals surface area contributed by atoms with Crippen molar-refractivity contribution in [2.45, 2.75) is 24.5 Å². The predicted molar refractivity (Wildman–Crippen MR) is 82.8 cm³/mol. The van der Waals surface area contributed by atoms with Crippen LogP contribution in [0.3, 0.4) is 0 Å². The Labute approximate surface area is 134 Å². The Morgan fingerprint density at radius 1 is 1.52 bits per heavy atom. The minimum Gasteiger partial charge on any atom is -0.387 e. The van der Waals surface area contributed by atoms with Crippen LogP contribution in [-0.2, 0) is 9.47 Å². The third-order valence-corrected chi connectivity index (χ3v) is 3.95. The summed E-state index contributed by atoms with van der Waals surface area (Å²) in [6.45, 7) is 0.137. The molecule has 0 aliphatic carbocycles. The quantitative estimate of drug-likeness (QED) is 0.382. The molecule has 0 aromatic carbocycles. The van der Waals surface area contributed by atoms with Gasteiger partial charge in [-0.3, -0.25) is 14.3 Å². The molecule has 3 rings (SSSR count). The average Bonchev–Trinajstić information content (AvgIpc) is 3.04. The minimum atomic E-state index is -1.21. The molecule has 2 aromatic heterocycles. The molecule has 0 bridgehead atoms. The van der Waals surface area contributed by atoms with E-state index in [4.69, 9.17) is 15.2 Å². The van der Waals surface area contributed by atoms with Gasteiger partial charge in [-0.25, -0.2) is 4.98 Å². The molecule has 5 N–H and O–H groups in total. The van der Waals surface area contributed by atoms with E-state index in [-0.39, 0.29) is 23.7 Å². The summed E-state index contributed by atoms with van der Waals surface area (Å²) in [7, 11) is 0. The van der Waals surface area contributed by atoms with Gasteiger partial charge in [0.2, 0.25) is 5.95 Å². The summed E-state index contributed by atoms with van der Waals surface area (Å²) in [5.41, 5.74) is 5.30. The van der Waals surface area contributed by atoms with Crippen LogP contribution in [0.5, 0.6) is 0 Å². The van der Waals surface area contributed by atoms with Crippen molar-refractivity contribution in [1.29, 1.82) is 0 Å². The summed E-state index contributed by atoms with van der Waals surface area (Å²) in [6.07, 6.45) is -0.769. The van der Waals surface area contributed by atoms with Gasteiger partial charge in [-0.1, -0.05) is 0 Å². The third-order valence-electron chi connectivity index (χ3n) is 3.55. The van der Waals surface area contributed by atoms with Gasteiger partial charge in [-0.2, -0.15) is 4.98 Å². The highest BCUT2D eigenvalue weighted by Crippen LogP contribution is 2.31. The van der Waals surface area contributed by atoms with E-state index in [9.17, 15) is 15.0 Å². The van der Waals surface area contributed by atoms with Crippen LogP contribution in [-0.4, -0.2) is 66.8 Å². The SMILES string of the molecule is CSCOC[C@H]1O[C@@H](n2cnc3c(=O)[nH]c(N)nc32)[C@H](O)[C@@H]1O. The van der Waals surface area contributed by atoms with Crippen LogP contribution in [0.2, 0.25) is 0 Å². The van der Waals surface area contributed by atoms with E-state index in [0.717, 1.165) is 0 Å². The predicted octanol–water partition coefficient (Wildman–Crippen LogP) is -1.34. The average molecular weight is 343 g/mol. The van der Waals surface area contributed by atoms with E-state index in [1.54, 1.807) is 0 Å². The second-order valence-electron chi connectivity index (χ2n) is 5.10. The lowest BCUT2D eigenvalue weighted by Crippen LogP contribution is -2.33. The number of aromatic amines is 1. The number of hydrogen-bond donors (Lipinski definition) is 4. The van der Waals surface area contributed by atoms with Crippen molar-refractivity contribution in [2.24, 2.45) is 0 Å². The molecule has 1 aliphatic heterocycles. The second-order valence-corrected chi connectivity index (χ2v) is 5.91. The number of nitrogens with one attached hydrogen (secondary N) is 1. The second kappa shape index (κ2) is 6.45. The van der Waals surface area contributed by atoms with Gasteiger partial charge in [-0.05, 0) is 6.26 Å². The first-order chi connectivity index (χ1) is 11.0. The Balaban J connectivity index is 1.88. The molecule has 126 valence electrons. The van der Waals surface area contributed by atoms with Gasteiger partial charge in [-0.15, -0.1) is 11.8 Å². The van der Waals surface area contributed by atoms with Crippen molar-refractivity contribution in [2.75, 3.05) is 24.5 Å². The molecule has 0 saturated carbocycles. The Hall–Kier alpha value is -1.66. The van der Waals surface area contributed by atoms with Crippen LogP contribution < -0.4 is 11.3 Å². The van der Waals surface area contributed by atoms with Crippen molar-refractivity contribution in [1.82, 2.24) is 19.5 Å². The first-order valence-corrected chi connectivity index (χ1v) is 8.23. The fourth-order valence-electron chi connectivity index (χ4n) is 2.47. The summed E-state index contributed by atoms with van der Waals surface area (Å²) in [6, 6.07) is 0. The maximum atomic E-state index is 11.8. The molecule has 2 aromatic rings. The molecule has 23 heavy (non-hydrogen) atoms. The summed E-state index contributed by atoms with van der Waals surface area (Å²) in [5, 5.41) is 20.3. The van der Waals surface area contributed by atoms with Crippen molar-refractivity contribution < 1.29 is 19.7 Å². The molecule has 0 radical (unpaired) electrons. The number of aliphatic hydroxyl groups is 2. The molecule has 0 amide bonds. The number of hydrogen-bond acceptors (Lipinski definition) is 9. The highest BCUT2D eigenvalue weighted by Gasteiger charge is 2.44. The fraction of sp³-hybridized carbons (Fsp3) is 0.583. The van der Waals surface area contributed by atoms with Gasteiger partial charge in [0.05, 0.1) is 18.9 Å². The number of aliphatic hydroxyl groups excluding tert-OH is 2. The Morgan fingerprint density at radius 2 is 2.30 bits per heavy atom. The number of rotatable bonds is 5. The normalized spacial score (nSPS) is 27.8. The maximum absolute atomic E-state index is 11.8. The lowest BCUT2D eigenvalue weighted by Gasteiger charge is -2.16. The van der Waals surface area contributed by atoms with E-state index in [1.165, 1.54) is 22.7 Å². The molecule has 10 nitrogen and oxygen atoms in total. The largest absolute Gasteiger partial charge is 0.387 e. The zero-order valence-corrected chi connectivity index (χ0v) is 13.1. The van der Waals surface area contributed by atoms with Gasteiger partial charge in [0.25, 0.3) is 5.56 Å². The molecule has 0 spiro atoms. The number of imidazole rings is 1. The van der Waals surface area contributed by atoms with Crippen LogP contribution in [0.15, 0.2) is 11.1 Å². The van der Waals surface area contributed by atoms with Crippen LogP contribution >= 0.6 is 11.8 Å². The Bertz CT molecular complexity index is 749.